The van der Waals surface area contributed by atoms with Crippen LogP contribution in [0.15, 0.2) is 82.2 Å². The van der Waals surface area contributed by atoms with E-state index in [0.717, 1.165) is 19.9 Å². The average Bonchev–Trinajstić information content (AvgIpc) is 2.86. The van der Waals surface area contributed by atoms with Crippen LogP contribution >= 0.6 is 27.5 Å². The van der Waals surface area contributed by atoms with Gasteiger partial charge >= 0.3 is 0 Å². The number of hydrogen-bond donors (Lipinski definition) is 1. The van der Waals surface area contributed by atoms with E-state index in [-0.39, 0.29) is 23.0 Å². The molecule has 0 aliphatic carbocycles. The molecule has 0 spiro atoms. The molecule has 2 amide bonds. The van der Waals surface area contributed by atoms with Crippen molar-refractivity contribution in [2.75, 3.05) is 10.8 Å². The first-order valence-corrected chi connectivity index (χ1v) is 15.0. The van der Waals surface area contributed by atoms with Crippen molar-refractivity contribution in [1.82, 2.24) is 10.2 Å². The first kappa shape index (κ1) is 30.7. The second kappa shape index (κ2) is 12.5. The second-order valence-corrected chi connectivity index (χ2v) is 13.6. The third-order valence-electron chi connectivity index (χ3n) is 5.93. The van der Waals surface area contributed by atoms with E-state index in [1.807, 2.05) is 52.0 Å². The fourth-order valence-corrected chi connectivity index (χ4v) is 5.62. The van der Waals surface area contributed by atoms with Gasteiger partial charge in [0.15, 0.2) is 0 Å². The van der Waals surface area contributed by atoms with Crippen molar-refractivity contribution in [2.45, 2.75) is 57.6 Å². The van der Waals surface area contributed by atoms with E-state index < -0.39 is 34.1 Å². The molecule has 208 valence electrons. The normalized spacial score (nSPS) is 12.5. The number of sulfonamides is 1. The molecule has 10 heteroatoms. The number of nitrogens with zero attached hydrogens (tertiary/aromatic N) is 2. The third kappa shape index (κ3) is 8.30. The summed E-state index contributed by atoms with van der Waals surface area (Å²) in [6.07, 6.45) is 0. The molecule has 39 heavy (non-hydrogen) atoms. The Morgan fingerprint density at radius 2 is 1.51 bits per heavy atom. The number of amides is 2. The number of aryl methyl sites for hydroxylation is 1. The summed E-state index contributed by atoms with van der Waals surface area (Å²) in [5, 5.41) is 3.35. The van der Waals surface area contributed by atoms with E-state index in [1.165, 1.54) is 17.0 Å². The second-order valence-electron chi connectivity index (χ2n) is 10.4. The van der Waals surface area contributed by atoms with Crippen LogP contribution in [-0.4, -0.2) is 43.3 Å². The summed E-state index contributed by atoms with van der Waals surface area (Å²) in [6, 6.07) is 19.2. The molecule has 0 saturated carbocycles. The molecule has 0 aliphatic rings. The fourth-order valence-electron chi connectivity index (χ4n) is 3.82. The predicted molar refractivity (Wildman–Crippen MR) is 159 cm³/mol. The number of benzene rings is 3. The largest absolute Gasteiger partial charge is 0.350 e. The minimum Gasteiger partial charge on any atom is -0.350 e. The molecule has 0 radical (unpaired) electrons. The molecule has 0 bridgehead atoms. The van der Waals surface area contributed by atoms with Gasteiger partial charge in [-0.05, 0) is 88.7 Å². The van der Waals surface area contributed by atoms with Crippen molar-refractivity contribution in [3.8, 4) is 0 Å². The number of halogens is 2. The van der Waals surface area contributed by atoms with Gasteiger partial charge in [-0.25, -0.2) is 8.42 Å². The molecule has 0 aliphatic heterocycles. The van der Waals surface area contributed by atoms with Crippen LogP contribution in [0.3, 0.4) is 0 Å². The maximum Gasteiger partial charge on any atom is 0.264 e. The van der Waals surface area contributed by atoms with Crippen LogP contribution in [0.2, 0.25) is 5.02 Å². The molecule has 0 saturated heterocycles. The zero-order chi connectivity index (χ0) is 29.0. The Morgan fingerprint density at radius 3 is 2.05 bits per heavy atom. The highest BCUT2D eigenvalue weighted by atomic mass is 79.9. The molecular weight excluding hydrogens is 602 g/mol. The summed E-state index contributed by atoms with van der Waals surface area (Å²) >= 11 is 9.47. The topological polar surface area (TPSA) is 86.8 Å². The number of carbonyl (C=O) groups is 2. The summed E-state index contributed by atoms with van der Waals surface area (Å²) in [5.41, 5.74) is 1.47. The maximum absolute atomic E-state index is 13.9. The number of hydrogen-bond acceptors (Lipinski definition) is 4. The van der Waals surface area contributed by atoms with Gasteiger partial charge in [0, 0.05) is 21.6 Å². The fraction of sp³-hybridized carbons (Fsp3) is 0.310. The highest BCUT2D eigenvalue weighted by molar-refractivity contribution is 9.10. The van der Waals surface area contributed by atoms with Gasteiger partial charge in [-0.2, -0.15) is 0 Å². The molecule has 0 unspecified atom stereocenters. The molecule has 1 N–H and O–H groups in total. The highest BCUT2D eigenvalue weighted by Crippen LogP contribution is 2.26. The lowest BCUT2D eigenvalue weighted by Crippen LogP contribution is -2.54. The SMILES string of the molecule is Cc1ccc(S(=O)(=O)N(CC(=O)N(Cc2ccc(Br)cc2)[C@@H](C)C(=O)NC(C)(C)C)c2ccc(Cl)cc2)cc1. The number of carbonyl (C=O) groups excluding carboxylic acids is 2. The Kier molecular flexibility index (Phi) is 9.85. The van der Waals surface area contributed by atoms with Crippen LogP contribution in [-0.2, 0) is 26.2 Å². The minimum absolute atomic E-state index is 0.0498. The lowest BCUT2D eigenvalue weighted by Gasteiger charge is -2.33. The lowest BCUT2D eigenvalue weighted by atomic mass is 10.1. The number of rotatable bonds is 9. The van der Waals surface area contributed by atoms with Crippen LogP contribution in [0, 0.1) is 6.92 Å². The first-order valence-electron chi connectivity index (χ1n) is 12.4. The molecule has 3 aromatic carbocycles. The molecule has 0 heterocycles. The van der Waals surface area contributed by atoms with E-state index in [1.54, 1.807) is 43.3 Å². The smallest absolute Gasteiger partial charge is 0.264 e. The van der Waals surface area contributed by atoms with Gasteiger partial charge in [0.25, 0.3) is 10.0 Å². The maximum atomic E-state index is 13.9. The highest BCUT2D eigenvalue weighted by Gasteiger charge is 2.33. The van der Waals surface area contributed by atoms with Crippen molar-refractivity contribution in [3.05, 3.63) is 93.4 Å². The van der Waals surface area contributed by atoms with Gasteiger partial charge in [0.1, 0.15) is 12.6 Å². The Bertz CT molecular complexity index is 1400. The number of anilines is 1. The van der Waals surface area contributed by atoms with Crippen molar-refractivity contribution in [3.63, 3.8) is 0 Å². The van der Waals surface area contributed by atoms with Crippen molar-refractivity contribution in [2.24, 2.45) is 0 Å². The Balaban J connectivity index is 2.02. The Morgan fingerprint density at radius 1 is 0.949 bits per heavy atom. The average molecular weight is 635 g/mol. The molecule has 0 fully saturated rings. The van der Waals surface area contributed by atoms with E-state index in [9.17, 15) is 18.0 Å². The van der Waals surface area contributed by atoms with Crippen molar-refractivity contribution >= 4 is 55.1 Å². The first-order chi connectivity index (χ1) is 18.2. The summed E-state index contributed by atoms with van der Waals surface area (Å²) in [4.78, 5) is 28.5. The summed E-state index contributed by atoms with van der Waals surface area (Å²) < 4.78 is 29.6. The van der Waals surface area contributed by atoms with E-state index >= 15 is 0 Å². The molecule has 3 aromatic rings. The molecular formula is C29H33BrClN3O4S. The molecule has 7 nitrogen and oxygen atoms in total. The van der Waals surface area contributed by atoms with Gasteiger partial charge in [-0.15, -0.1) is 0 Å². The van der Waals surface area contributed by atoms with Crippen LogP contribution in [0.1, 0.15) is 38.8 Å². The summed E-state index contributed by atoms with van der Waals surface area (Å²) in [7, 11) is -4.13. The number of nitrogens with one attached hydrogen (secondary N) is 1. The van der Waals surface area contributed by atoms with Gasteiger partial charge in [-0.1, -0.05) is 57.4 Å². The standard InChI is InChI=1S/C29H33BrClN3O4S/c1-20-6-16-26(17-7-20)39(37,38)34(25-14-12-24(31)13-15-25)19-27(35)33(18-22-8-10-23(30)11-9-22)21(2)28(36)32-29(3,4)5/h6-17,21H,18-19H2,1-5H3,(H,32,36)/t21-/m0/s1. The molecule has 1 atom stereocenters. The Labute approximate surface area is 244 Å². The zero-order valence-corrected chi connectivity index (χ0v) is 25.8. The summed E-state index contributed by atoms with van der Waals surface area (Å²) in [6.45, 7) is 8.67. The van der Waals surface area contributed by atoms with Gasteiger partial charge in [0.05, 0.1) is 10.6 Å². The third-order valence-corrected chi connectivity index (χ3v) is 8.50. The van der Waals surface area contributed by atoms with E-state index in [4.69, 9.17) is 11.6 Å². The summed E-state index contributed by atoms with van der Waals surface area (Å²) in [5.74, 6) is -0.868. The van der Waals surface area contributed by atoms with Crippen LogP contribution in [0.4, 0.5) is 5.69 Å². The van der Waals surface area contributed by atoms with Crippen LogP contribution in [0.5, 0.6) is 0 Å². The molecule has 3 rings (SSSR count). The minimum atomic E-state index is -4.13. The van der Waals surface area contributed by atoms with Gasteiger partial charge < -0.3 is 10.2 Å². The molecule has 0 aromatic heterocycles. The zero-order valence-electron chi connectivity index (χ0n) is 22.6. The lowest BCUT2D eigenvalue weighted by molar-refractivity contribution is -0.140. The van der Waals surface area contributed by atoms with Crippen molar-refractivity contribution in [1.29, 1.82) is 0 Å². The van der Waals surface area contributed by atoms with Gasteiger partial charge in [0.2, 0.25) is 11.8 Å². The van der Waals surface area contributed by atoms with Gasteiger partial charge in [-0.3, -0.25) is 13.9 Å². The monoisotopic (exact) mass is 633 g/mol. The van der Waals surface area contributed by atoms with Crippen LogP contribution in [0.25, 0.3) is 0 Å². The van der Waals surface area contributed by atoms with E-state index in [2.05, 4.69) is 21.2 Å². The van der Waals surface area contributed by atoms with Crippen molar-refractivity contribution < 1.29 is 18.0 Å². The van der Waals surface area contributed by atoms with Crippen LogP contribution < -0.4 is 9.62 Å². The Hall–Kier alpha value is -2.88. The predicted octanol–water partition coefficient (Wildman–Crippen LogP) is 5.94. The van der Waals surface area contributed by atoms with E-state index in [0.29, 0.717) is 5.02 Å². The quantitative estimate of drug-likeness (QED) is 0.316.